The Labute approximate surface area is 112 Å². The average molecular weight is 258 g/mol. The van der Waals surface area contributed by atoms with E-state index in [2.05, 4.69) is 10.5 Å². The van der Waals surface area contributed by atoms with Gasteiger partial charge in [0.25, 0.3) is 0 Å². The van der Waals surface area contributed by atoms with Gasteiger partial charge in [-0.05, 0) is 19.9 Å². The van der Waals surface area contributed by atoms with Crippen molar-refractivity contribution in [1.82, 2.24) is 10.5 Å². The predicted molar refractivity (Wildman–Crippen MR) is 74.0 cm³/mol. The summed E-state index contributed by atoms with van der Waals surface area (Å²) in [6.45, 7) is 0. The van der Waals surface area contributed by atoms with Crippen molar-refractivity contribution in [1.29, 1.82) is 0 Å². The van der Waals surface area contributed by atoms with E-state index in [9.17, 15) is 4.79 Å². The Morgan fingerprint density at radius 3 is 2.47 bits per heavy atom. The lowest BCUT2D eigenvalue weighted by Gasteiger charge is -2.23. The van der Waals surface area contributed by atoms with Crippen LogP contribution in [0.1, 0.15) is 29.8 Å². The molecule has 100 valence electrons. The molecule has 1 aromatic heterocycles. The number of hydrogen-bond acceptors (Lipinski definition) is 4. The van der Waals surface area contributed by atoms with E-state index in [-0.39, 0.29) is 5.76 Å². The highest BCUT2D eigenvalue weighted by molar-refractivity contribution is 5.73. The van der Waals surface area contributed by atoms with Gasteiger partial charge in [-0.1, -0.05) is 41.9 Å². The standard InChI is InChI=1S/C10H7NO2.C5H11N/c12-7-9-6-10(11-13-9)8-4-2-1-3-5-8;1-6-5-3-2-4-5/h1-7H;5-6H,2-4H2,1H3. The van der Waals surface area contributed by atoms with Gasteiger partial charge in [0.05, 0.1) is 0 Å². The van der Waals surface area contributed by atoms with Crippen LogP contribution in [0.5, 0.6) is 0 Å². The second-order valence-corrected chi connectivity index (χ2v) is 4.51. The number of carbonyl (C=O) groups is 1. The Balaban J connectivity index is 0.000000186. The minimum absolute atomic E-state index is 0.249. The molecule has 0 spiro atoms. The fourth-order valence-corrected chi connectivity index (χ4v) is 1.79. The number of aldehydes is 1. The molecule has 1 fully saturated rings. The summed E-state index contributed by atoms with van der Waals surface area (Å²) in [7, 11) is 2.03. The number of benzene rings is 1. The molecule has 1 saturated carbocycles. The van der Waals surface area contributed by atoms with Crippen LogP contribution in [-0.4, -0.2) is 24.5 Å². The number of carbonyl (C=O) groups excluding carboxylic acids is 1. The van der Waals surface area contributed by atoms with Gasteiger partial charge in [-0.25, -0.2) is 0 Å². The summed E-state index contributed by atoms with van der Waals surface area (Å²) in [4.78, 5) is 10.3. The molecule has 0 radical (unpaired) electrons. The molecule has 0 bridgehead atoms. The zero-order chi connectivity index (χ0) is 13.5. The lowest BCUT2D eigenvalue weighted by molar-refractivity contribution is 0.109. The van der Waals surface area contributed by atoms with Crippen molar-refractivity contribution < 1.29 is 9.32 Å². The van der Waals surface area contributed by atoms with Crippen LogP contribution in [0.2, 0.25) is 0 Å². The van der Waals surface area contributed by atoms with E-state index in [0.717, 1.165) is 11.6 Å². The number of rotatable bonds is 3. The van der Waals surface area contributed by atoms with Gasteiger partial charge in [0.1, 0.15) is 5.69 Å². The molecule has 19 heavy (non-hydrogen) atoms. The molecular weight excluding hydrogens is 240 g/mol. The Hall–Kier alpha value is -1.94. The van der Waals surface area contributed by atoms with E-state index in [1.165, 1.54) is 19.3 Å². The van der Waals surface area contributed by atoms with Crippen molar-refractivity contribution in [2.24, 2.45) is 0 Å². The molecule has 1 heterocycles. The van der Waals surface area contributed by atoms with E-state index < -0.39 is 0 Å². The van der Waals surface area contributed by atoms with Gasteiger partial charge in [0.2, 0.25) is 0 Å². The molecule has 3 rings (SSSR count). The van der Waals surface area contributed by atoms with Crippen molar-refractivity contribution in [2.75, 3.05) is 7.05 Å². The van der Waals surface area contributed by atoms with E-state index >= 15 is 0 Å². The minimum Gasteiger partial charge on any atom is -0.353 e. The van der Waals surface area contributed by atoms with Crippen LogP contribution in [0, 0.1) is 0 Å². The van der Waals surface area contributed by atoms with Crippen molar-refractivity contribution in [3.63, 3.8) is 0 Å². The molecule has 1 aliphatic rings. The Bertz CT molecular complexity index is 501. The number of aromatic nitrogens is 1. The maximum Gasteiger partial charge on any atom is 0.199 e. The highest BCUT2D eigenvalue weighted by Gasteiger charge is 2.13. The molecule has 1 N–H and O–H groups in total. The second-order valence-electron chi connectivity index (χ2n) is 4.51. The molecular formula is C15H18N2O2. The summed E-state index contributed by atoms with van der Waals surface area (Å²) >= 11 is 0. The van der Waals surface area contributed by atoms with Crippen molar-refractivity contribution in [2.45, 2.75) is 25.3 Å². The third kappa shape index (κ3) is 3.76. The first-order valence-corrected chi connectivity index (χ1v) is 6.48. The predicted octanol–water partition coefficient (Wildman–Crippen LogP) is 2.91. The molecule has 0 aliphatic heterocycles. The molecule has 1 aliphatic carbocycles. The first kappa shape index (κ1) is 13.5. The minimum atomic E-state index is 0.249. The van der Waals surface area contributed by atoms with E-state index in [1.54, 1.807) is 6.07 Å². The molecule has 1 aromatic carbocycles. The third-order valence-corrected chi connectivity index (χ3v) is 3.23. The third-order valence-electron chi connectivity index (χ3n) is 3.23. The second kappa shape index (κ2) is 6.85. The van der Waals surface area contributed by atoms with Crippen LogP contribution in [0.15, 0.2) is 40.9 Å². The molecule has 0 saturated heterocycles. The number of nitrogens with zero attached hydrogens (tertiary/aromatic N) is 1. The quantitative estimate of drug-likeness (QED) is 0.860. The Morgan fingerprint density at radius 1 is 1.32 bits per heavy atom. The van der Waals surface area contributed by atoms with Gasteiger partial charge in [-0.2, -0.15) is 0 Å². The molecule has 4 heteroatoms. The maximum absolute atomic E-state index is 10.3. The molecule has 4 nitrogen and oxygen atoms in total. The first-order chi connectivity index (χ1) is 9.33. The average Bonchev–Trinajstić information content (AvgIpc) is 2.88. The molecule has 0 amide bonds. The van der Waals surface area contributed by atoms with E-state index in [4.69, 9.17) is 4.52 Å². The largest absolute Gasteiger partial charge is 0.353 e. The van der Waals surface area contributed by atoms with Gasteiger partial charge < -0.3 is 9.84 Å². The molecule has 0 atom stereocenters. The zero-order valence-electron chi connectivity index (χ0n) is 11.0. The fourth-order valence-electron chi connectivity index (χ4n) is 1.79. The van der Waals surface area contributed by atoms with Crippen LogP contribution < -0.4 is 5.32 Å². The van der Waals surface area contributed by atoms with Gasteiger partial charge in [-0.15, -0.1) is 0 Å². The molecule has 0 unspecified atom stereocenters. The highest BCUT2D eigenvalue weighted by Crippen LogP contribution is 2.17. The van der Waals surface area contributed by atoms with Gasteiger partial charge in [-0.3, -0.25) is 4.79 Å². The van der Waals surface area contributed by atoms with Gasteiger partial charge in [0, 0.05) is 17.7 Å². The van der Waals surface area contributed by atoms with Gasteiger partial charge >= 0.3 is 0 Å². The molecule has 2 aromatic rings. The van der Waals surface area contributed by atoms with Crippen LogP contribution in [0.3, 0.4) is 0 Å². The lowest BCUT2D eigenvalue weighted by atomic mass is 9.94. The summed E-state index contributed by atoms with van der Waals surface area (Å²) in [6.07, 6.45) is 4.87. The van der Waals surface area contributed by atoms with Crippen LogP contribution in [0.4, 0.5) is 0 Å². The summed E-state index contributed by atoms with van der Waals surface area (Å²) in [5.41, 5.74) is 1.63. The Morgan fingerprint density at radius 2 is 2.05 bits per heavy atom. The normalized spacial score (nSPS) is 14.2. The summed E-state index contributed by atoms with van der Waals surface area (Å²) in [6, 6.07) is 12.0. The van der Waals surface area contributed by atoms with Crippen LogP contribution in [0.25, 0.3) is 11.3 Å². The van der Waals surface area contributed by atoms with Gasteiger partial charge in [0.15, 0.2) is 12.0 Å². The van der Waals surface area contributed by atoms with E-state index in [0.29, 0.717) is 12.0 Å². The van der Waals surface area contributed by atoms with Crippen LogP contribution >= 0.6 is 0 Å². The smallest absolute Gasteiger partial charge is 0.199 e. The van der Waals surface area contributed by atoms with E-state index in [1.807, 2.05) is 37.4 Å². The maximum atomic E-state index is 10.3. The van der Waals surface area contributed by atoms with Crippen molar-refractivity contribution in [3.05, 3.63) is 42.2 Å². The van der Waals surface area contributed by atoms with Crippen LogP contribution in [-0.2, 0) is 0 Å². The fraction of sp³-hybridized carbons (Fsp3) is 0.333. The van der Waals surface area contributed by atoms with Crippen molar-refractivity contribution in [3.8, 4) is 11.3 Å². The first-order valence-electron chi connectivity index (χ1n) is 6.48. The summed E-state index contributed by atoms with van der Waals surface area (Å²) < 4.78 is 4.75. The number of hydrogen-bond donors (Lipinski definition) is 1. The summed E-state index contributed by atoms with van der Waals surface area (Å²) in [5, 5.41) is 6.95. The highest BCUT2D eigenvalue weighted by atomic mass is 16.5. The summed E-state index contributed by atoms with van der Waals surface area (Å²) in [5.74, 6) is 0.249. The monoisotopic (exact) mass is 258 g/mol. The topological polar surface area (TPSA) is 55.1 Å². The van der Waals surface area contributed by atoms with Crippen molar-refractivity contribution >= 4 is 6.29 Å². The lowest BCUT2D eigenvalue weighted by Crippen LogP contribution is -2.31. The Kier molecular flexibility index (Phi) is 4.86. The number of nitrogens with one attached hydrogen (secondary N) is 1. The zero-order valence-corrected chi connectivity index (χ0v) is 11.0. The SMILES string of the molecule is CNC1CCC1.O=Cc1cc(-c2ccccc2)no1.